The van der Waals surface area contributed by atoms with Crippen molar-refractivity contribution in [2.45, 2.75) is 58.2 Å². The molecule has 1 aliphatic carbocycles. The fraction of sp³-hybridized carbons (Fsp3) is 0.688. The Kier molecular flexibility index (Phi) is 3.97. The summed E-state index contributed by atoms with van der Waals surface area (Å²) in [5.41, 5.74) is 8.31. The first-order valence-corrected chi connectivity index (χ1v) is 8.68. The van der Waals surface area contributed by atoms with E-state index in [-0.39, 0.29) is 18.0 Å². The molecule has 0 unspecified atom stereocenters. The number of carbonyl (C=O) groups excluding carboxylic acids is 1. The molecule has 0 spiro atoms. The van der Waals surface area contributed by atoms with Crippen LogP contribution in [0.5, 0.6) is 0 Å². The van der Waals surface area contributed by atoms with E-state index in [0.29, 0.717) is 12.3 Å². The average Bonchev–Trinajstić information content (AvgIpc) is 3.20. The van der Waals surface area contributed by atoms with E-state index in [1.807, 2.05) is 6.92 Å². The Balaban J connectivity index is 1.98. The first-order valence-electron chi connectivity index (χ1n) is 7.87. The highest BCUT2D eigenvalue weighted by atomic mass is 32.1. The SMILES string of the molecule is CCC(=O)c1sc(N2C[C@@H](C)O[C@@H](C)C2)c(C2CC2)c1N. The molecule has 0 bridgehead atoms. The van der Waals surface area contributed by atoms with Gasteiger partial charge < -0.3 is 15.4 Å². The van der Waals surface area contributed by atoms with Crippen LogP contribution in [0.1, 0.15) is 61.2 Å². The standard InChI is InChI=1S/C16H24N2O2S/c1-4-12(19)15-14(17)13(11-5-6-11)16(21-15)18-7-9(2)20-10(3)8-18/h9-11H,4-8,17H2,1-3H3/t9-,10+. The van der Waals surface area contributed by atoms with E-state index in [2.05, 4.69) is 18.7 Å². The van der Waals surface area contributed by atoms with Crippen molar-refractivity contribution < 1.29 is 9.53 Å². The van der Waals surface area contributed by atoms with Crippen LogP contribution in [0.2, 0.25) is 0 Å². The third-order valence-corrected chi connectivity index (χ3v) is 5.55. The van der Waals surface area contributed by atoms with Crippen LogP contribution in [-0.2, 0) is 4.74 Å². The maximum atomic E-state index is 12.1. The summed E-state index contributed by atoms with van der Waals surface area (Å²) in [7, 11) is 0. The molecule has 1 aliphatic heterocycles. The largest absolute Gasteiger partial charge is 0.397 e. The molecule has 1 aromatic heterocycles. The molecule has 2 N–H and O–H groups in total. The summed E-state index contributed by atoms with van der Waals surface area (Å²) >= 11 is 1.59. The molecule has 5 heteroatoms. The van der Waals surface area contributed by atoms with Crippen LogP contribution in [-0.4, -0.2) is 31.1 Å². The Morgan fingerprint density at radius 1 is 1.33 bits per heavy atom. The zero-order valence-electron chi connectivity index (χ0n) is 13.0. The maximum absolute atomic E-state index is 12.1. The smallest absolute Gasteiger partial charge is 0.174 e. The van der Waals surface area contributed by atoms with Gasteiger partial charge in [-0.2, -0.15) is 0 Å². The molecule has 2 heterocycles. The molecule has 1 aromatic rings. The van der Waals surface area contributed by atoms with Crippen molar-refractivity contribution in [1.82, 2.24) is 0 Å². The van der Waals surface area contributed by atoms with Gasteiger partial charge in [0.15, 0.2) is 5.78 Å². The molecule has 2 aliphatic rings. The van der Waals surface area contributed by atoms with Crippen molar-refractivity contribution in [3.8, 4) is 0 Å². The quantitative estimate of drug-likeness (QED) is 0.866. The van der Waals surface area contributed by atoms with Crippen LogP contribution < -0.4 is 10.6 Å². The molecular formula is C16H24N2O2S. The average molecular weight is 308 g/mol. The number of rotatable bonds is 4. The molecule has 1 saturated carbocycles. The van der Waals surface area contributed by atoms with Crippen LogP contribution in [0.3, 0.4) is 0 Å². The van der Waals surface area contributed by atoms with Gasteiger partial charge in [-0.3, -0.25) is 4.79 Å². The van der Waals surface area contributed by atoms with Crippen LogP contribution >= 0.6 is 11.3 Å². The zero-order chi connectivity index (χ0) is 15.1. The molecule has 3 rings (SSSR count). The number of morpholine rings is 1. The van der Waals surface area contributed by atoms with Gasteiger partial charge in [-0.15, -0.1) is 11.3 Å². The maximum Gasteiger partial charge on any atom is 0.174 e. The molecular weight excluding hydrogens is 284 g/mol. The van der Waals surface area contributed by atoms with E-state index < -0.39 is 0 Å². The molecule has 0 radical (unpaired) electrons. The van der Waals surface area contributed by atoms with Gasteiger partial charge in [-0.25, -0.2) is 0 Å². The van der Waals surface area contributed by atoms with Crippen molar-refractivity contribution in [2.24, 2.45) is 0 Å². The summed E-state index contributed by atoms with van der Waals surface area (Å²) in [6.45, 7) is 7.87. The third-order valence-electron chi connectivity index (χ3n) is 4.23. The monoisotopic (exact) mass is 308 g/mol. The third kappa shape index (κ3) is 2.81. The lowest BCUT2D eigenvalue weighted by Gasteiger charge is -2.36. The number of nitrogens with two attached hydrogens (primary N) is 1. The highest BCUT2D eigenvalue weighted by Gasteiger charge is 2.36. The molecule has 4 nitrogen and oxygen atoms in total. The molecule has 116 valence electrons. The number of anilines is 2. The van der Waals surface area contributed by atoms with Crippen LogP contribution in [0.4, 0.5) is 10.7 Å². The molecule has 21 heavy (non-hydrogen) atoms. The number of thiophene rings is 1. The Hall–Kier alpha value is -1.07. The predicted molar refractivity (Wildman–Crippen MR) is 87.5 cm³/mol. The molecule has 0 aromatic carbocycles. The Bertz CT molecular complexity index is 541. The molecule has 2 atom stereocenters. The van der Waals surface area contributed by atoms with E-state index in [4.69, 9.17) is 10.5 Å². The number of carbonyl (C=O) groups is 1. The minimum atomic E-state index is 0.167. The van der Waals surface area contributed by atoms with E-state index in [1.54, 1.807) is 11.3 Å². The minimum absolute atomic E-state index is 0.167. The van der Waals surface area contributed by atoms with Crippen LogP contribution in [0.25, 0.3) is 0 Å². The van der Waals surface area contributed by atoms with Crippen molar-refractivity contribution in [1.29, 1.82) is 0 Å². The highest BCUT2D eigenvalue weighted by Crippen LogP contribution is 2.52. The summed E-state index contributed by atoms with van der Waals surface area (Å²) in [5.74, 6) is 0.725. The van der Waals surface area contributed by atoms with Gasteiger partial charge in [0, 0.05) is 25.1 Å². The second-order valence-corrected chi connectivity index (χ2v) is 7.28. The highest BCUT2D eigenvalue weighted by molar-refractivity contribution is 7.19. The second-order valence-electron chi connectivity index (χ2n) is 6.28. The van der Waals surface area contributed by atoms with Crippen molar-refractivity contribution in [2.75, 3.05) is 23.7 Å². The summed E-state index contributed by atoms with van der Waals surface area (Å²) in [6, 6.07) is 0. The van der Waals surface area contributed by atoms with Gasteiger partial charge in [0.1, 0.15) is 0 Å². The summed E-state index contributed by atoms with van der Waals surface area (Å²) in [4.78, 5) is 15.3. The lowest BCUT2D eigenvalue weighted by molar-refractivity contribution is -0.00504. The summed E-state index contributed by atoms with van der Waals surface area (Å²) < 4.78 is 5.82. The molecule has 2 fully saturated rings. The number of nitrogen functional groups attached to an aromatic ring is 1. The Morgan fingerprint density at radius 2 is 1.95 bits per heavy atom. The van der Waals surface area contributed by atoms with Crippen molar-refractivity contribution in [3.05, 3.63) is 10.4 Å². The number of Topliss-reactive ketones (excluding diaryl/α,β-unsaturated/α-hetero) is 1. The van der Waals surface area contributed by atoms with Gasteiger partial charge in [-0.05, 0) is 32.6 Å². The lowest BCUT2D eigenvalue weighted by Crippen LogP contribution is -2.45. The van der Waals surface area contributed by atoms with E-state index in [1.165, 1.54) is 23.4 Å². The van der Waals surface area contributed by atoms with Gasteiger partial charge in [0.2, 0.25) is 0 Å². The van der Waals surface area contributed by atoms with Crippen molar-refractivity contribution in [3.63, 3.8) is 0 Å². The van der Waals surface area contributed by atoms with E-state index in [9.17, 15) is 4.79 Å². The van der Waals surface area contributed by atoms with Gasteiger partial charge >= 0.3 is 0 Å². The van der Waals surface area contributed by atoms with Gasteiger partial charge in [0.25, 0.3) is 0 Å². The first kappa shape index (κ1) is 14.9. The molecule has 1 saturated heterocycles. The first-order chi connectivity index (χ1) is 10.0. The zero-order valence-corrected chi connectivity index (χ0v) is 13.8. The predicted octanol–water partition coefficient (Wildman–Crippen LogP) is 3.41. The fourth-order valence-corrected chi connectivity index (χ4v) is 4.49. The Labute approximate surface area is 130 Å². The number of hydrogen-bond donors (Lipinski definition) is 1. The summed E-state index contributed by atoms with van der Waals surface area (Å²) in [5, 5.41) is 1.22. The second kappa shape index (κ2) is 5.61. The van der Waals surface area contributed by atoms with Crippen LogP contribution in [0.15, 0.2) is 0 Å². The lowest BCUT2D eigenvalue weighted by atomic mass is 10.1. The molecule has 0 amide bonds. The fourth-order valence-electron chi connectivity index (χ4n) is 3.16. The number of hydrogen-bond acceptors (Lipinski definition) is 5. The topological polar surface area (TPSA) is 55.6 Å². The normalized spacial score (nSPS) is 26.1. The van der Waals surface area contributed by atoms with Gasteiger partial charge in [0.05, 0.1) is 27.8 Å². The van der Waals surface area contributed by atoms with E-state index >= 15 is 0 Å². The van der Waals surface area contributed by atoms with Gasteiger partial charge in [-0.1, -0.05) is 6.92 Å². The minimum Gasteiger partial charge on any atom is -0.397 e. The number of ether oxygens (including phenoxy) is 1. The Morgan fingerprint density at radius 3 is 2.48 bits per heavy atom. The number of nitrogens with zero attached hydrogens (tertiary/aromatic N) is 1. The summed E-state index contributed by atoms with van der Waals surface area (Å²) in [6.07, 6.45) is 3.35. The van der Waals surface area contributed by atoms with E-state index in [0.717, 1.165) is 23.7 Å². The number of ketones is 1. The van der Waals surface area contributed by atoms with Crippen LogP contribution in [0, 0.1) is 0 Å². The van der Waals surface area contributed by atoms with Crippen molar-refractivity contribution >= 4 is 27.8 Å².